The Morgan fingerprint density at radius 1 is 0.304 bits per heavy atom. The van der Waals surface area contributed by atoms with Gasteiger partial charge in [-0.1, -0.05) is 13.3 Å². The van der Waals surface area contributed by atoms with E-state index in [9.17, 15) is 81.5 Å². The van der Waals surface area contributed by atoms with Crippen LogP contribution >= 0.6 is 0 Å². The van der Waals surface area contributed by atoms with Gasteiger partial charge in [0.15, 0.2) is 0 Å². The number of likely N-dealkylation sites (N-methyl/N-ethyl adjacent to an activating group) is 1. The third-order valence-corrected chi connectivity index (χ3v) is 11.1. The van der Waals surface area contributed by atoms with Crippen molar-refractivity contribution in [2.45, 2.75) is 70.9 Å². The molecule has 0 aromatic rings. The van der Waals surface area contributed by atoms with Crippen molar-refractivity contribution in [3.63, 3.8) is 0 Å². The minimum absolute atomic E-state index is 0.161. The Labute approximate surface area is 452 Å². The average molecular weight is 1120 g/mol. The summed E-state index contributed by atoms with van der Waals surface area (Å²) in [7, 11) is 0. The van der Waals surface area contributed by atoms with Gasteiger partial charge < -0.3 is 89.6 Å². The summed E-state index contributed by atoms with van der Waals surface area (Å²) in [6.07, 6.45) is 3.16. The second kappa shape index (κ2) is 36.9. The molecular weight excluding hydrogens is 1050 g/mol. The van der Waals surface area contributed by atoms with Gasteiger partial charge >= 0.3 is 0 Å². The van der Waals surface area contributed by atoms with Crippen LogP contribution in [0, 0.1) is 0 Å². The molecule has 15 N–H and O–H groups in total. The van der Waals surface area contributed by atoms with Crippen LogP contribution in [0.3, 0.4) is 0 Å². The number of hydrogen-bond donors (Lipinski definition) is 15. The molecule has 34 nitrogen and oxygen atoms in total. The molecule has 0 aromatic carbocycles. The first-order valence-corrected chi connectivity index (χ1v) is 25.2. The second-order valence-electron chi connectivity index (χ2n) is 17.3. The fourth-order valence-electron chi connectivity index (χ4n) is 6.96. The molecule has 0 aliphatic carbocycles. The van der Waals surface area contributed by atoms with Crippen molar-refractivity contribution in [1.29, 1.82) is 0 Å². The molecule has 0 saturated carbocycles. The lowest BCUT2D eigenvalue weighted by Crippen LogP contribution is -2.51. The lowest BCUT2D eigenvalue weighted by molar-refractivity contribution is -0.139. The molecule has 2 fully saturated rings. The molecule has 0 radical (unpaired) electrons. The van der Waals surface area contributed by atoms with Crippen molar-refractivity contribution >= 4 is 100 Å². The highest BCUT2D eigenvalue weighted by Gasteiger charge is 2.35. The third kappa shape index (κ3) is 28.6. The van der Waals surface area contributed by atoms with Crippen molar-refractivity contribution in [3.8, 4) is 0 Å². The molecular formula is C45H71N17O17. The van der Waals surface area contributed by atoms with E-state index in [-0.39, 0.29) is 51.3 Å². The van der Waals surface area contributed by atoms with Crippen molar-refractivity contribution in [1.82, 2.24) is 89.6 Å². The first kappa shape index (κ1) is 66.1. The number of likely N-dealkylation sites (tertiary alicyclic amines) is 2. The zero-order chi connectivity index (χ0) is 58.7. The molecule has 438 valence electrons. The summed E-state index contributed by atoms with van der Waals surface area (Å²) in [6.45, 7) is -2.79. The summed E-state index contributed by atoms with van der Waals surface area (Å²) < 4.78 is 0. The zero-order valence-corrected chi connectivity index (χ0v) is 44.0. The van der Waals surface area contributed by atoms with E-state index in [0.717, 1.165) is 6.42 Å². The molecule has 2 saturated heterocycles. The number of carbonyl (C=O) groups excluding carboxylic acids is 17. The van der Waals surface area contributed by atoms with Gasteiger partial charge in [-0.15, -0.1) is 0 Å². The molecule has 0 unspecified atom stereocenters. The van der Waals surface area contributed by atoms with Crippen molar-refractivity contribution in [2.75, 3.05) is 111 Å². The lowest BCUT2D eigenvalue weighted by Gasteiger charge is -2.24. The minimum Gasteiger partial charge on any atom is -0.355 e. The number of hydrogen-bond acceptors (Lipinski definition) is 17. The predicted octanol–water partition coefficient (Wildman–Crippen LogP) is -11.1. The monoisotopic (exact) mass is 1120 g/mol. The van der Waals surface area contributed by atoms with Crippen LogP contribution in [0.15, 0.2) is 0 Å². The Balaban J connectivity index is 1.56. The Bertz CT molecular complexity index is 2260. The molecule has 34 heteroatoms. The van der Waals surface area contributed by atoms with E-state index in [1.807, 2.05) is 6.92 Å². The molecule has 2 heterocycles. The Morgan fingerprint density at radius 3 is 0.785 bits per heavy atom. The second-order valence-corrected chi connectivity index (χ2v) is 17.3. The maximum absolute atomic E-state index is 12.9. The summed E-state index contributed by atoms with van der Waals surface area (Å²) in [6, 6.07) is -1.92. The van der Waals surface area contributed by atoms with Gasteiger partial charge in [-0.2, -0.15) is 0 Å². The van der Waals surface area contributed by atoms with Crippen LogP contribution in [-0.4, -0.2) is 234 Å². The topological polar surface area (TPSA) is 477 Å². The summed E-state index contributed by atoms with van der Waals surface area (Å²) in [5.41, 5.74) is 0. The van der Waals surface area contributed by atoms with Crippen molar-refractivity contribution in [3.05, 3.63) is 0 Å². The first-order valence-electron chi connectivity index (χ1n) is 25.2. The van der Waals surface area contributed by atoms with Crippen LogP contribution in [0.2, 0.25) is 0 Å². The van der Waals surface area contributed by atoms with E-state index in [0.29, 0.717) is 25.8 Å². The Hall–Kier alpha value is -9.01. The molecule has 2 rings (SSSR count). The van der Waals surface area contributed by atoms with Gasteiger partial charge in [0.2, 0.25) is 100 Å². The van der Waals surface area contributed by atoms with Gasteiger partial charge in [0, 0.05) is 26.1 Å². The van der Waals surface area contributed by atoms with Crippen LogP contribution in [0.4, 0.5) is 0 Å². The van der Waals surface area contributed by atoms with E-state index in [4.69, 9.17) is 0 Å². The van der Waals surface area contributed by atoms with Crippen LogP contribution in [0.1, 0.15) is 58.8 Å². The number of amides is 17. The van der Waals surface area contributed by atoms with E-state index < -0.39 is 185 Å². The normalized spacial score (nSPS) is 14.1. The highest BCUT2D eigenvalue weighted by atomic mass is 16.2. The average Bonchev–Trinajstić information content (AvgIpc) is 4.15. The van der Waals surface area contributed by atoms with E-state index in [2.05, 4.69) is 79.8 Å². The van der Waals surface area contributed by atoms with Gasteiger partial charge in [-0.25, -0.2) is 0 Å². The molecule has 17 amide bonds. The van der Waals surface area contributed by atoms with Gasteiger partial charge in [-0.3, -0.25) is 81.5 Å². The SMILES string of the molecule is CCCCC(=O)NCC(=O)NCC(=O)NCC(=O)N1CCC[C@H]1C(=O)NCC(=O)NCC(=O)NCC(=O)NCC(=O)NCC(=O)NCC(=O)N1CCC[C@H]1C(=O)NCC(=O)NCC(=O)NCC(=O)NCC(=O)NCC(=O)NCC. The standard InChI is InChI=1S/C45H71N17O17/c1-3-5-10-29(63)47-14-31(65)53-21-38(72)57-25-42(76)61-11-6-8-27(61)44(78)59-24-41(75)56-20-37(71)52-17-34(68)50-18-35(69)54-22-39(73)58-26-43(77)62-12-7-9-28(62)45(79)60-23-40(74)55-19-36(70)51-16-33(67)49-15-32(66)48-13-30(64)46-4-2/h27-28H,3-26H2,1-2H3,(H,46,64)(H,47,63)(H,48,66)(H,49,67)(H,50,68)(H,51,70)(H,52,71)(H,53,65)(H,54,69)(H,55,74)(H,56,75)(H,57,72)(H,58,73)(H,59,78)(H,60,79)/t27-,28-/m0/s1. The number of carbonyl (C=O) groups is 17. The maximum atomic E-state index is 12.9. The summed E-state index contributed by atoms with van der Waals surface area (Å²) >= 11 is 0. The lowest BCUT2D eigenvalue weighted by atomic mass is 10.2. The number of nitrogens with zero attached hydrogens (tertiary/aromatic N) is 2. The highest BCUT2D eigenvalue weighted by molar-refractivity contribution is 5.97. The van der Waals surface area contributed by atoms with E-state index in [1.165, 1.54) is 9.80 Å². The van der Waals surface area contributed by atoms with E-state index >= 15 is 0 Å². The summed E-state index contributed by atoms with van der Waals surface area (Å²) in [5, 5.41) is 34.5. The van der Waals surface area contributed by atoms with Crippen LogP contribution < -0.4 is 79.8 Å². The molecule has 2 aliphatic rings. The largest absolute Gasteiger partial charge is 0.355 e. The highest BCUT2D eigenvalue weighted by Crippen LogP contribution is 2.18. The fourth-order valence-corrected chi connectivity index (χ4v) is 6.96. The molecule has 0 spiro atoms. The fraction of sp³-hybridized carbons (Fsp3) is 0.622. The number of unbranched alkanes of at least 4 members (excludes halogenated alkanes) is 1. The van der Waals surface area contributed by atoms with Crippen molar-refractivity contribution < 1.29 is 81.5 Å². The quantitative estimate of drug-likeness (QED) is 0.0284. The smallest absolute Gasteiger partial charge is 0.243 e. The minimum atomic E-state index is -0.978. The number of rotatable bonds is 34. The van der Waals surface area contributed by atoms with Gasteiger partial charge in [0.1, 0.15) is 12.1 Å². The molecule has 0 aromatic heterocycles. The van der Waals surface area contributed by atoms with E-state index in [1.54, 1.807) is 6.92 Å². The number of nitrogens with one attached hydrogen (secondary N) is 15. The van der Waals surface area contributed by atoms with Crippen LogP contribution in [0.5, 0.6) is 0 Å². The van der Waals surface area contributed by atoms with Crippen LogP contribution in [-0.2, 0) is 81.5 Å². The maximum Gasteiger partial charge on any atom is 0.243 e. The molecule has 0 bridgehead atoms. The van der Waals surface area contributed by atoms with Gasteiger partial charge in [0.05, 0.1) is 91.6 Å². The first-order chi connectivity index (χ1) is 37.6. The third-order valence-electron chi connectivity index (χ3n) is 11.1. The zero-order valence-electron chi connectivity index (χ0n) is 44.0. The van der Waals surface area contributed by atoms with Crippen molar-refractivity contribution in [2.24, 2.45) is 0 Å². The molecule has 2 aliphatic heterocycles. The Morgan fingerprint density at radius 2 is 0.532 bits per heavy atom. The summed E-state index contributed by atoms with van der Waals surface area (Å²) in [5.74, 6) is -11.4. The predicted molar refractivity (Wildman–Crippen MR) is 270 cm³/mol. The molecule has 79 heavy (non-hydrogen) atoms. The molecule has 2 atom stereocenters. The van der Waals surface area contributed by atoms with Gasteiger partial charge in [0.25, 0.3) is 0 Å². The Kier molecular flexibility index (Phi) is 30.9. The summed E-state index contributed by atoms with van der Waals surface area (Å²) in [4.78, 5) is 210. The van der Waals surface area contributed by atoms with Gasteiger partial charge in [-0.05, 0) is 39.0 Å². The van der Waals surface area contributed by atoms with Crippen LogP contribution in [0.25, 0.3) is 0 Å².